The number of carbonyl (C=O) groups is 1. The topological polar surface area (TPSA) is 50.4 Å². The van der Waals surface area contributed by atoms with Crippen LogP contribution in [0.1, 0.15) is 53.0 Å². The van der Waals surface area contributed by atoms with Gasteiger partial charge in [-0.2, -0.15) is 0 Å². The molecular weight excluding hydrogens is 276 g/mol. The minimum atomic E-state index is -0.108. The smallest absolute Gasteiger partial charge is 0.314 e. The largest absolute Gasteiger partial charge is 0.494 e. The molecule has 2 amide bonds. The van der Waals surface area contributed by atoms with E-state index < -0.39 is 0 Å². The predicted molar refractivity (Wildman–Crippen MR) is 91.5 cm³/mol. The molecule has 22 heavy (non-hydrogen) atoms. The summed E-state index contributed by atoms with van der Waals surface area (Å²) in [5.74, 6) is 0.872. The van der Waals surface area contributed by atoms with Crippen molar-refractivity contribution < 1.29 is 9.53 Å². The highest BCUT2D eigenvalue weighted by Crippen LogP contribution is 2.24. The van der Waals surface area contributed by atoms with Crippen molar-refractivity contribution in [1.82, 2.24) is 10.6 Å². The minimum absolute atomic E-state index is 0.108. The SMILES string of the molecule is CCC(C)NC(=O)NCCCOc1ccc(C(C)(C)C)cc1. The zero-order chi connectivity index (χ0) is 16.6. The van der Waals surface area contributed by atoms with E-state index in [4.69, 9.17) is 4.74 Å². The predicted octanol–water partition coefficient (Wildman–Crippen LogP) is 3.85. The molecule has 1 rings (SSSR count). The quantitative estimate of drug-likeness (QED) is 0.752. The highest BCUT2D eigenvalue weighted by molar-refractivity contribution is 5.74. The van der Waals surface area contributed by atoms with Crippen molar-refractivity contribution in [3.05, 3.63) is 29.8 Å². The summed E-state index contributed by atoms with van der Waals surface area (Å²) in [7, 11) is 0. The first-order valence-corrected chi connectivity index (χ1v) is 8.10. The molecule has 0 aliphatic carbocycles. The van der Waals surface area contributed by atoms with Crippen molar-refractivity contribution >= 4 is 6.03 Å². The summed E-state index contributed by atoms with van der Waals surface area (Å²) < 4.78 is 5.69. The van der Waals surface area contributed by atoms with E-state index in [1.54, 1.807) is 0 Å². The van der Waals surface area contributed by atoms with Gasteiger partial charge in [-0.25, -0.2) is 4.79 Å². The lowest BCUT2D eigenvalue weighted by molar-refractivity contribution is 0.236. The van der Waals surface area contributed by atoms with Crippen LogP contribution >= 0.6 is 0 Å². The summed E-state index contributed by atoms with van der Waals surface area (Å²) in [6.07, 6.45) is 1.72. The summed E-state index contributed by atoms with van der Waals surface area (Å²) in [6, 6.07) is 8.31. The molecule has 0 spiro atoms. The van der Waals surface area contributed by atoms with E-state index in [1.165, 1.54) is 5.56 Å². The second kappa shape index (κ2) is 8.66. The maximum Gasteiger partial charge on any atom is 0.314 e. The Morgan fingerprint density at radius 2 is 1.86 bits per heavy atom. The molecule has 1 aromatic rings. The van der Waals surface area contributed by atoms with E-state index >= 15 is 0 Å². The molecule has 0 bridgehead atoms. The molecular formula is C18H30N2O2. The lowest BCUT2D eigenvalue weighted by Crippen LogP contribution is -2.41. The lowest BCUT2D eigenvalue weighted by Gasteiger charge is -2.19. The van der Waals surface area contributed by atoms with E-state index in [-0.39, 0.29) is 17.5 Å². The fourth-order valence-electron chi connectivity index (χ4n) is 1.89. The van der Waals surface area contributed by atoms with Crippen molar-refractivity contribution in [2.45, 2.75) is 58.9 Å². The van der Waals surface area contributed by atoms with E-state index in [0.29, 0.717) is 13.2 Å². The van der Waals surface area contributed by atoms with Crippen LogP contribution in [0.25, 0.3) is 0 Å². The van der Waals surface area contributed by atoms with Gasteiger partial charge in [0.15, 0.2) is 0 Å². The molecule has 0 aromatic heterocycles. The first kappa shape index (κ1) is 18.3. The van der Waals surface area contributed by atoms with Crippen LogP contribution in [0.15, 0.2) is 24.3 Å². The Labute approximate surface area is 134 Å². The monoisotopic (exact) mass is 306 g/mol. The minimum Gasteiger partial charge on any atom is -0.494 e. The van der Waals surface area contributed by atoms with Gasteiger partial charge in [-0.1, -0.05) is 39.8 Å². The molecule has 124 valence electrons. The van der Waals surface area contributed by atoms with Gasteiger partial charge < -0.3 is 15.4 Å². The number of benzene rings is 1. The number of hydrogen-bond acceptors (Lipinski definition) is 2. The van der Waals surface area contributed by atoms with Crippen LogP contribution in [0.2, 0.25) is 0 Å². The lowest BCUT2D eigenvalue weighted by atomic mass is 9.87. The van der Waals surface area contributed by atoms with Gasteiger partial charge in [0.2, 0.25) is 0 Å². The van der Waals surface area contributed by atoms with Gasteiger partial charge in [-0.15, -0.1) is 0 Å². The Bertz CT molecular complexity index is 449. The molecule has 0 heterocycles. The molecule has 2 N–H and O–H groups in total. The van der Waals surface area contributed by atoms with Crippen molar-refractivity contribution in [2.75, 3.05) is 13.2 Å². The molecule has 1 aromatic carbocycles. The molecule has 4 heteroatoms. The van der Waals surface area contributed by atoms with Gasteiger partial charge in [0.1, 0.15) is 5.75 Å². The first-order chi connectivity index (χ1) is 10.3. The van der Waals surface area contributed by atoms with Gasteiger partial charge >= 0.3 is 6.03 Å². The summed E-state index contributed by atoms with van der Waals surface area (Å²) in [6.45, 7) is 11.8. The molecule has 0 saturated heterocycles. The Kier molecular flexibility index (Phi) is 7.22. The Morgan fingerprint density at radius 3 is 2.41 bits per heavy atom. The van der Waals surface area contributed by atoms with E-state index in [0.717, 1.165) is 18.6 Å². The Hall–Kier alpha value is -1.71. The van der Waals surface area contributed by atoms with Gasteiger partial charge in [0, 0.05) is 12.6 Å². The molecule has 1 unspecified atom stereocenters. The average molecular weight is 306 g/mol. The second-order valence-corrected chi connectivity index (χ2v) is 6.69. The number of carbonyl (C=O) groups excluding carboxylic acids is 1. The summed E-state index contributed by atoms with van der Waals surface area (Å²) >= 11 is 0. The Balaban J connectivity index is 2.21. The number of rotatable bonds is 7. The van der Waals surface area contributed by atoms with Crippen LogP contribution in [-0.4, -0.2) is 25.2 Å². The number of hydrogen-bond donors (Lipinski definition) is 2. The highest BCUT2D eigenvalue weighted by atomic mass is 16.5. The fourth-order valence-corrected chi connectivity index (χ4v) is 1.89. The zero-order valence-electron chi connectivity index (χ0n) is 14.5. The number of urea groups is 1. The van der Waals surface area contributed by atoms with Crippen LogP contribution in [0, 0.1) is 0 Å². The second-order valence-electron chi connectivity index (χ2n) is 6.69. The molecule has 4 nitrogen and oxygen atoms in total. The maximum absolute atomic E-state index is 11.5. The average Bonchev–Trinajstić information content (AvgIpc) is 2.46. The number of amides is 2. The van der Waals surface area contributed by atoms with Crippen LogP contribution in [0.4, 0.5) is 4.79 Å². The third-order valence-electron chi connectivity index (χ3n) is 3.59. The van der Waals surface area contributed by atoms with Gasteiger partial charge in [-0.3, -0.25) is 0 Å². The van der Waals surface area contributed by atoms with Crippen LogP contribution in [0.3, 0.4) is 0 Å². The third-order valence-corrected chi connectivity index (χ3v) is 3.59. The number of ether oxygens (including phenoxy) is 1. The summed E-state index contributed by atoms with van der Waals surface area (Å²) in [5.41, 5.74) is 1.45. The van der Waals surface area contributed by atoms with Crippen LogP contribution in [-0.2, 0) is 5.41 Å². The molecule has 0 aliphatic heterocycles. The first-order valence-electron chi connectivity index (χ1n) is 8.10. The van der Waals surface area contributed by atoms with Crippen molar-refractivity contribution in [2.24, 2.45) is 0 Å². The normalized spacial score (nSPS) is 12.6. The fraction of sp³-hybridized carbons (Fsp3) is 0.611. The van der Waals surface area contributed by atoms with Gasteiger partial charge in [0.05, 0.1) is 6.61 Å². The van der Waals surface area contributed by atoms with Crippen LogP contribution in [0.5, 0.6) is 5.75 Å². The molecule has 0 aliphatic rings. The standard InChI is InChI=1S/C18H30N2O2/c1-6-14(2)20-17(21)19-12-7-13-22-16-10-8-15(9-11-16)18(3,4)5/h8-11,14H,6-7,12-13H2,1-5H3,(H2,19,20,21). The van der Waals surface area contributed by atoms with Crippen molar-refractivity contribution in [3.8, 4) is 5.75 Å². The summed E-state index contributed by atoms with van der Waals surface area (Å²) in [5, 5.41) is 5.70. The molecule has 0 radical (unpaired) electrons. The van der Waals surface area contributed by atoms with Gasteiger partial charge in [0.25, 0.3) is 0 Å². The third kappa shape index (κ3) is 6.83. The van der Waals surface area contributed by atoms with E-state index in [9.17, 15) is 4.79 Å². The maximum atomic E-state index is 11.5. The van der Waals surface area contributed by atoms with Crippen molar-refractivity contribution in [1.29, 1.82) is 0 Å². The molecule has 0 saturated carbocycles. The zero-order valence-corrected chi connectivity index (χ0v) is 14.5. The van der Waals surface area contributed by atoms with E-state index in [1.807, 2.05) is 26.0 Å². The van der Waals surface area contributed by atoms with Gasteiger partial charge in [-0.05, 0) is 42.9 Å². The van der Waals surface area contributed by atoms with E-state index in [2.05, 4.69) is 43.5 Å². The van der Waals surface area contributed by atoms with Crippen LogP contribution < -0.4 is 15.4 Å². The molecule has 0 fully saturated rings. The molecule has 1 atom stereocenters. The van der Waals surface area contributed by atoms with Crippen molar-refractivity contribution in [3.63, 3.8) is 0 Å². The number of nitrogens with one attached hydrogen (secondary N) is 2. The summed E-state index contributed by atoms with van der Waals surface area (Å²) in [4.78, 5) is 11.5. The Morgan fingerprint density at radius 1 is 1.23 bits per heavy atom. The highest BCUT2D eigenvalue weighted by Gasteiger charge is 2.12.